The van der Waals surface area contributed by atoms with Crippen molar-refractivity contribution in [3.63, 3.8) is 0 Å². The maximum atomic E-state index is 13.0. The quantitative estimate of drug-likeness (QED) is 0.389. The number of ether oxygens (including phenoxy) is 1. The summed E-state index contributed by atoms with van der Waals surface area (Å²) in [6, 6.07) is 31.7. The highest BCUT2D eigenvalue weighted by atomic mass is 16.5. The topological polar surface area (TPSA) is 62.6 Å². The fourth-order valence-corrected chi connectivity index (χ4v) is 4.35. The Hall–Kier alpha value is -3.94. The summed E-state index contributed by atoms with van der Waals surface area (Å²) in [5.74, 6) is 1.53. The van der Waals surface area contributed by atoms with Crippen molar-refractivity contribution in [2.24, 2.45) is 0 Å². The van der Waals surface area contributed by atoms with E-state index in [1.54, 1.807) is 4.68 Å². The Labute approximate surface area is 211 Å². The monoisotopic (exact) mass is 481 g/mol. The molecule has 7 nitrogen and oxygen atoms in total. The van der Waals surface area contributed by atoms with E-state index >= 15 is 0 Å². The number of carbonyl (C=O) groups is 1. The van der Waals surface area contributed by atoms with Crippen LogP contribution in [-0.2, 0) is 4.79 Å². The van der Waals surface area contributed by atoms with Crippen LogP contribution in [0.2, 0.25) is 0 Å². The van der Waals surface area contributed by atoms with Gasteiger partial charge < -0.3 is 10.1 Å². The van der Waals surface area contributed by atoms with Gasteiger partial charge >= 0.3 is 0 Å². The SMILES string of the molecule is O=C(CN1CCN(CCOc2ccccc2)CC1)Nc1cc(-c2ccccc2)nn1-c1ccccc1. The highest BCUT2D eigenvalue weighted by molar-refractivity contribution is 5.92. The molecule has 1 aliphatic heterocycles. The lowest BCUT2D eigenvalue weighted by Gasteiger charge is -2.34. The van der Waals surface area contributed by atoms with Gasteiger partial charge in [0.25, 0.3) is 0 Å². The standard InChI is InChI=1S/C29H31N5O2/c35-29(23-33-18-16-32(17-19-33)20-21-36-26-14-8-3-9-15-26)30-28-22-27(24-10-4-1-5-11-24)31-34(28)25-12-6-2-7-13-25/h1-15,22H,16-21,23H2,(H,30,35). The lowest BCUT2D eigenvalue weighted by atomic mass is 10.1. The largest absolute Gasteiger partial charge is 0.492 e. The van der Waals surface area contributed by atoms with E-state index in [0.717, 1.165) is 55.4 Å². The third-order valence-electron chi connectivity index (χ3n) is 6.30. The van der Waals surface area contributed by atoms with Gasteiger partial charge in [0, 0.05) is 44.4 Å². The number of carbonyl (C=O) groups excluding carboxylic acids is 1. The van der Waals surface area contributed by atoms with Crippen molar-refractivity contribution in [3.8, 4) is 22.7 Å². The van der Waals surface area contributed by atoms with Crippen LogP contribution in [0.1, 0.15) is 0 Å². The summed E-state index contributed by atoms with van der Waals surface area (Å²) < 4.78 is 7.62. The van der Waals surface area contributed by atoms with Gasteiger partial charge in [0.1, 0.15) is 18.2 Å². The molecule has 1 fully saturated rings. The van der Waals surface area contributed by atoms with Crippen LogP contribution in [0.25, 0.3) is 16.9 Å². The first-order chi connectivity index (χ1) is 17.7. The van der Waals surface area contributed by atoms with Gasteiger partial charge in [0.15, 0.2) is 0 Å². The molecule has 36 heavy (non-hydrogen) atoms. The molecule has 1 N–H and O–H groups in total. The molecule has 1 saturated heterocycles. The molecular formula is C29H31N5O2. The molecule has 7 heteroatoms. The normalized spacial score (nSPS) is 14.4. The maximum absolute atomic E-state index is 13.0. The highest BCUT2D eigenvalue weighted by Gasteiger charge is 2.20. The van der Waals surface area contributed by atoms with Crippen LogP contribution in [0, 0.1) is 0 Å². The lowest BCUT2D eigenvalue weighted by molar-refractivity contribution is -0.117. The van der Waals surface area contributed by atoms with Gasteiger partial charge in [-0.1, -0.05) is 66.7 Å². The third kappa shape index (κ3) is 6.19. The van der Waals surface area contributed by atoms with E-state index in [0.29, 0.717) is 19.0 Å². The van der Waals surface area contributed by atoms with Crippen LogP contribution in [0.3, 0.4) is 0 Å². The Morgan fingerprint density at radius 1 is 0.806 bits per heavy atom. The summed E-state index contributed by atoms with van der Waals surface area (Å²) in [6.45, 7) is 5.45. The molecule has 1 aromatic heterocycles. The third-order valence-corrected chi connectivity index (χ3v) is 6.30. The van der Waals surface area contributed by atoms with Gasteiger partial charge in [-0.3, -0.25) is 14.6 Å². The lowest BCUT2D eigenvalue weighted by Crippen LogP contribution is -2.49. The van der Waals surface area contributed by atoms with Crippen molar-refractivity contribution in [2.75, 3.05) is 51.2 Å². The summed E-state index contributed by atoms with van der Waals surface area (Å²) in [5.41, 5.74) is 2.73. The minimum atomic E-state index is -0.0347. The molecule has 4 aromatic rings. The minimum Gasteiger partial charge on any atom is -0.492 e. The van der Waals surface area contributed by atoms with E-state index < -0.39 is 0 Å². The Kier molecular flexibility index (Phi) is 7.70. The van der Waals surface area contributed by atoms with Crippen molar-refractivity contribution in [3.05, 3.63) is 97.1 Å². The molecular weight excluding hydrogens is 450 g/mol. The number of benzene rings is 3. The molecule has 0 unspecified atom stereocenters. The Balaban J connectivity index is 1.16. The second kappa shape index (κ2) is 11.7. The second-order valence-electron chi connectivity index (χ2n) is 8.86. The zero-order valence-electron chi connectivity index (χ0n) is 20.3. The van der Waals surface area contributed by atoms with E-state index in [4.69, 9.17) is 9.84 Å². The maximum Gasteiger partial charge on any atom is 0.239 e. The number of nitrogens with one attached hydrogen (secondary N) is 1. The molecule has 5 rings (SSSR count). The number of hydrogen-bond acceptors (Lipinski definition) is 5. The number of hydrogen-bond donors (Lipinski definition) is 1. The Bertz CT molecular complexity index is 1240. The van der Waals surface area contributed by atoms with E-state index in [1.165, 1.54) is 0 Å². The molecule has 0 aliphatic carbocycles. The van der Waals surface area contributed by atoms with E-state index in [9.17, 15) is 4.79 Å². The van der Waals surface area contributed by atoms with E-state index in [-0.39, 0.29) is 5.91 Å². The summed E-state index contributed by atoms with van der Waals surface area (Å²) in [5, 5.41) is 7.88. The van der Waals surface area contributed by atoms with E-state index in [2.05, 4.69) is 15.1 Å². The average molecular weight is 482 g/mol. The predicted octanol–water partition coefficient (Wildman–Crippen LogP) is 4.17. The van der Waals surface area contributed by atoms with Gasteiger partial charge in [0.2, 0.25) is 5.91 Å². The zero-order valence-corrected chi connectivity index (χ0v) is 20.3. The zero-order chi connectivity index (χ0) is 24.6. The molecule has 1 amide bonds. The van der Waals surface area contributed by atoms with Crippen LogP contribution in [0.5, 0.6) is 5.75 Å². The summed E-state index contributed by atoms with van der Waals surface area (Å²) in [6.07, 6.45) is 0. The number of aromatic nitrogens is 2. The molecule has 0 saturated carbocycles. The number of para-hydroxylation sites is 2. The van der Waals surface area contributed by atoms with Crippen molar-refractivity contribution in [2.45, 2.75) is 0 Å². The predicted molar refractivity (Wildman–Crippen MR) is 142 cm³/mol. The van der Waals surface area contributed by atoms with Gasteiger partial charge in [-0.25, -0.2) is 4.68 Å². The highest BCUT2D eigenvalue weighted by Crippen LogP contribution is 2.24. The second-order valence-corrected chi connectivity index (χ2v) is 8.86. The number of rotatable bonds is 9. The molecule has 2 heterocycles. The van der Waals surface area contributed by atoms with Crippen molar-refractivity contribution < 1.29 is 9.53 Å². The summed E-state index contributed by atoms with van der Waals surface area (Å²) >= 11 is 0. The number of nitrogens with zero attached hydrogens (tertiary/aromatic N) is 4. The van der Waals surface area contributed by atoms with Crippen LogP contribution >= 0.6 is 0 Å². The van der Waals surface area contributed by atoms with Gasteiger partial charge in [0.05, 0.1) is 17.9 Å². The van der Waals surface area contributed by atoms with Crippen LogP contribution in [0.15, 0.2) is 97.1 Å². The fraction of sp³-hybridized carbons (Fsp3) is 0.241. The summed E-state index contributed by atoms with van der Waals surface area (Å²) in [7, 11) is 0. The molecule has 1 aliphatic rings. The van der Waals surface area contributed by atoms with Crippen LogP contribution in [-0.4, -0.2) is 71.4 Å². The first kappa shape index (κ1) is 23.8. The molecule has 0 spiro atoms. The molecule has 184 valence electrons. The van der Waals surface area contributed by atoms with Gasteiger partial charge in [-0.15, -0.1) is 0 Å². The Morgan fingerprint density at radius 3 is 2.11 bits per heavy atom. The first-order valence-electron chi connectivity index (χ1n) is 12.4. The van der Waals surface area contributed by atoms with Crippen molar-refractivity contribution in [1.82, 2.24) is 19.6 Å². The van der Waals surface area contributed by atoms with Crippen LogP contribution in [0.4, 0.5) is 5.82 Å². The van der Waals surface area contributed by atoms with Gasteiger partial charge in [-0.2, -0.15) is 5.10 Å². The van der Waals surface area contributed by atoms with Crippen molar-refractivity contribution >= 4 is 11.7 Å². The number of anilines is 1. The fourth-order valence-electron chi connectivity index (χ4n) is 4.35. The van der Waals surface area contributed by atoms with E-state index in [1.807, 2.05) is 97.1 Å². The summed E-state index contributed by atoms with van der Waals surface area (Å²) in [4.78, 5) is 17.6. The number of amides is 1. The first-order valence-corrected chi connectivity index (χ1v) is 12.4. The van der Waals surface area contributed by atoms with Crippen LogP contribution < -0.4 is 10.1 Å². The van der Waals surface area contributed by atoms with Gasteiger partial charge in [-0.05, 0) is 24.3 Å². The number of piperazine rings is 1. The average Bonchev–Trinajstić information content (AvgIpc) is 3.35. The smallest absolute Gasteiger partial charge is 0.239 e. The molecule has 0 radical (unpaired) electrons. The molecule has 3 aromatic carbocycles. The molecule has 0 bridgehead atoms. The molecule has 0 atom stereocenters. The minimum absolute atomic E-state index is 0.0347. The van der Waals surface area contributed by atoms with Crippen molar-refractivity contribution in [1.29, 1.82) is 0 Å². The Morgan fingerprint density at radius 2 is 1.42 bits per heavy atom.